The van der Waals surface area contributed by atoms with Gasteiger partial charge in [0.15, 0.2) is 0 Å². The zero-order chi connectivity index (χ0) is 15.6. The first-order valence-electron chi connectivity index (χ1n) is 6.23. The van der Waals surface area contributed by atoms with Gasteiger partial charge in [-0.1, -0.05) is 0 Å². The van der Waals surface area contributed by atoms with E-state index in [9.17, 15) is 22.4 Å². The van der Waals surface area contributed by atoms with Gasteiger partial charge in [0.25, 0.3) is 5.78 Å². The summed E-state index contributed by atoms with van der Waals surface area (Å²) in [6.07, 6.45) is -3.30. The van der Waals surface area contributed by atoms with E-state index in [1.807, 2.05) is 0 Å². The monoisotopic (exact) mass is 303 g/mol. The summed E-state index contributed by atoms with van der Waals surface area (Å²) in [5.74, 6) is -2.66. The van der Waals surface area contributed by atoms with E-state index >= 15 is 0 Å². The molecule has 2 rings (SSSR count). The lowest BCUT2D eigenvalue weighted by Gasteiger charge is -2.04. The first-order valence-corrected chi connectivity index (χ1v) is 6.23. The van der Waals surface area contributed by atoms with Crippen LogP contribution in [0.25, 0.3) is 10.9 Å². The van der Waals surface area contributed by atoms with Crippen molar-refractivity contribution in [3.8, 4) is 0 Å². The van der Waals surface area contributed by atoms with Gasteiger partial charge in [0.05, 0.1) is 5.56 Å². The van der Waals surface area contributed by atoms with Crippen molar-refractivity contribution in [2.24, 2.45) is 0 Å². The number of fused-ring (bicyclic) bond motifs is 1. The molecule has 21 heavy (non-hydrogen) atoms. The zero-order valence-electron chi connectivity index (χ0n) is 11.2. The average molecular weight is 303 g/mol. The highest BCUT2D eigenvalue weighted by molar-refractivity contribution is 6.10. The van der Waals surface area contributed by atoms with Gasteiger partial charge < -0.3 is 9.30 Å². The van der Waals surface area contributed by atoms with Crippen LogP contribution in [0.1, 0.15) is 16.8 Å². The summed E-state index contributed by atoms with van der Waals surface area (Å²) >= 11 is 0. The minimum absolute atomic E-state index is 0.0326. The molecule has 0 fully saturated rings. The molecule has 0 N–H and O–H groups in total. The molecule has 0 saturated carbocycles. The number of rotatable bonds is 5. The van der Waals surface area contributed by atoms with E-state index in [2.05, 4.69) is 0 Å². The maximum absolute atomic E-state index is 13.3. The van der Waals surface area contributed by atoms with E-state index in [0.717, 1.165) is 18.3 Å². The summed E-state index contributed by atoms with van der Waals surface area (Å²) in [6.45, 7) is 0.810. The zero-order valence-corrected chi connectivity index (χ0v) is 11.2. The predicted octanol–water partition coefficient (Wildman–Crippen LogP) is 3.56. The highest BCUT2D eigenvalue weighted by Crippen LogP contribution is 2.29. The largest absolute Gasteiger partial charge is 0.454 e. The van der Waals surface area contributed by atoms with Crippen LogP contribution in [-0.4, -0.2) is 30.2 Å². The van der Waals surface area contributed by atoms with Gasteiger partial charge in [-0.3, -0.25) is 4.79 Å². The summed E-state index contributed by atoms with van der Waals surface area (Å²) in [7, 11) is 1.52. The second-order valence-corrected chi connectivity index (χ2v) is 4.57. The third-order valence-electron chi connectivity index (χ3n) is 3.09. The Morgan fingerprint density at radius 2 is 2.05 bits per heavy atom. The van der Waals surface area contributed by atoms with Crippen molar-refractivity contribution in [2.75, 3.05) is 13.7 Å². The van der Waals surface area contributed by atoms with Crippen molar-refractivity contribution >= 4 is 16.7 Å². The lowest BCUT2D eigenvalue weighted by atomic mass is 10.1. The molecule has 0 aliphatic heterocycles. The first kappa shape index (κ1) is 15.5. The molecule has 1 heterocycles. The van der Waals surface area contributed by atoms with Gasteiger partial charge in [0, 0.05) is 37.4 Å². The van der Waals surface area contributed by atoms with Crippen molar-refractivity contribution in [3.63, 3.8) is 0 Å². The highest BCUT2D eigenvalue weighted by atomic mass is 19.4. The molecule has 0 unspecified atom stereocenters. The average Bonchev–Trinajstić information content (AvgIpc) is 2.75. The first-order chi connectivity index (χ1) is 9.84. The number of Topliss-reactive ketones (excluding diaryl/α,β-unsaturated/α-hetero) is 1. The Bertz CT molecular complexity index is 661. The molecule has 0 radical (unpaired) electrons. The second kappa shape index (κ2) is 5.85. The number of methoxy groups -OCH3 is 1. The predicted molar refractivity (Wildman–Crippen MR) is 68.8 cm³/mol. The van der Waals surface area contributed by atoms with Crippen molar-refractivity contribution in [1.29, 1.82) is 0 Å². The third kappa shape index (κ3) is 3.24. The molecule has 0 atom stereocenters. The number of alkyl halides is 3. The maximum Gasteiger partial charge on any atom is 0.454 e. The fourth-order valence-corrected chi connectivity index (χ4v) is 2.17. The number of halogens is 4. The van der Waals surface area contributed by atoms with Crippen molar-refractivity contribution < 1.29 is 27.1 Å². The Balaban J connectivity index is 2.49. The second-order valence-electron chi connectivity index (χ2n) is 4.57. The van der Waals surface area contributed by atoms with Gasteiger partial charge in [-0.2, -0.15) is 13.2 Å². The van der Waals surface area contributed by atoms with Crippen molar-refractivity contribution in [1.82, 2.24) is 4.57 Å². The fraction of sp³-hybridized carbons (Fsp3) is 0.357. The molecule has 2 aromatic rings. The highest BCUT2D eigenvalue weighted by Gasteiger charge is 2.40. The number of nitrogens with zero attached hydrogens (tertiary/aromatic N) is 1. The Morgan fingerprint density at radius 3 is 2.67 bits per heavy atom. The molecule has 0 saturated heterocycles. The molecule has 7 heteroatoms. The van der Waals surface area contributed by atoms with Crippen LogP contribution in [0, 0.1) is 5.82 Å². The maximum atomic E-state index is 13.3. The number of aryl methyl sites for hydroxylation is 1. The van der Waals surface area contributed by atoms with Crippen LogP contribution in [-0.2, 0) is 11.3 Å². The summed E-state index contributed by atoms with van der Waals surface area (Å²) in [6, 6.07) is 3.46. The van der Waals surface area contributed by atoms with Crippen molar-refractivity contribution in [2.45, 2.75) is 19.1 Å². The van der Waals surface area contributed by atoms with Crippen LogP contribution in [0.4, 0.5) is 17.6 Å². The molecule has 0 spiro atoms. The molecular formula is C14H13F4NO2. The molecule has 1 aromatic heterocycles. The van der Waals surface area contributed by atoms with E-state index in [0.29, 0.717) is 25.1 Å². The normalized spacial score (nSPS) is 12.0. The van der Waals surface area contributed by atoms with E-state index in [1.165, 1.54) is 17.7 Å². The molecule has 0 bridgehead atoms. The van der Waals surface area contributed by atoms with Crippen LogP contribution in [0.2, 0.25) is 0 Å². The number of ether oxygens (including phenoxy) is 1. The number of hydrogen-bond acceptors (Lipinski definition) is 2. The van der Waals surface area contributed by atoms with Gasteiger partial charge in [-0.05, 0) is 24.6 Å². The molecule has 114 valence electrons. The van der Waals surface area contributed by atoms with Crippen molar-refractivity contribution in [3.05, 3.63) is 35.8 Å². The van der Waals surface area contributed by atoms with E-state index in [4.69, 9.17) is 4.74 Å². The van der Waals surface area contributed by atoms with Crippen LogP contribution in [0.3, 0.4) is 0 Å². The fourth-order valence-electron chi connectivity index (χ4n) is 2.17. The smallest absolute Gasteiger partial charge is 0.385 e. The molecule has 0 aliphatic carbocycles. The SMILES string of the molecule is COCCCn1cc(C(=O)C(F)(F)F)c2cc(F)ccc21. The Kier molecular flexibility index (Phi) is 4.32. The third-order valence-corrected chi connectivity index (χ3v) is 3.09. The van der Waals surface area contributed by atoms with Crippen LogP contribution in [0.5, 0.6) is 0 Å². The summed E-state index contributed by atoms with van der Waals surface area (Å²) in [5, 5.41) is -0.0326. The molecular weight excluding hydrogens is 290 g/mol. The van der Waals surface area contributed by atoms with Gasteiger partial charge >= 0.3 is 6.18 Å². The van der Waals surface area contributed by atoms with Crippen LogP contribution in [0.15, 0.2) is 24.4 Å². The Hall–Kier alpha value is -1.89. The van der Waals surface area contributed by atoms with E-state index in [1.54, 1.807) is 0 Å². The van der Waals surface area contributed by atoms with Gasteiger partial charge in [-0.25, -0.2) is 4.39 Å². The topological polar surface area (TPSA) is 31.2 Å². The number of hydrogen-bond donors (Lipinski definition) is 0. The van der Waals surface area contributed by atoms with E-state index in [-0.39, 0.29) is 5.39 Å². The molecule has 1 aromatic carbocycles. The van der Waals surface area contributed by atoms with E-state index < -0.39 is 23.3 Å². The van der Waals surface area contributed by atoms with Gasteiger partial charge in [0.1, 0.15) is 5.82 Å². The van der Waals surface area contributed by atoms with Gasteiger partial charge in [-0.15, -0.1) is 0 Å². The summed E-state index contributed by atoms with van der Waals surface area (Å²) in [5.41, 5.74) is -0.144. The van der Waals surface area contributed by atoms with Crippen LogP contribution >= 0.6 is 0 Å². The molecule has 0 amide bonds. The minimum Gasteiger partial charge on any atom is -0.385 e. The Morgan fingerprint density at radius 1 is 1.33 bits per heavy atom. The quantitative estimate of drug-likeness (QED) is 0.480. The molecule has 0 aliphatic rings. The Labute approximate surface area is 118 Å². The standard InChI is InChI=1S/C14H13F4NO2/c1-21-6-2-5-19-8-11(13(20)14(16,17)18)10-7-9(15)3-4-12(10)19/h3-4,7-8H,2,5-6H2,1H3. The number of carbonyl (C=O) groups excluding carboxylic acids is 1. The number of benzene rings is 1. The number of ketones is 1. The van der Waals surface area contributed by atoms with Crippen LogP contribution < -0.4 is 0 Å². The van der Waals surface area contributed by atoms with Gasteiger partial charge in [0.2, 0.25) is 0 Å². The summed E-state index contributed by atoms with van der Waals surface area (Å²) < 4.78 is 57.5. The molecule has 3 nitrogen and oxygen atoms in total. The number of aromatic nitrogens is 1. The minimum atomic E-state index is -4.99. The number of carbonyl (C=O) groups is 1. The summed E-state index contributed by atoms with van der Waals surface area (Å²) in [4.78, 5) is 11.4. The lowest BCUT2D eigenvalue weighted by molar-refractivity contribution is -0.0884. The lowest BCUT2D eigenvalue weighted by Crippen LogP contribution is -2.22.